The maximum absolute atomic E-state index is 12.5. The van der Waals surface area contributed by atoms with Crippen molar-refractivity contribution >= 4 is 23.1 Å². The molecule has 2 aromatic carbocycles. The van der Waals surface area contributed by atoms with Crippen LogP contribution in [0.5, 0.6) is 5.75 Å². The number of hydrogen-bond acceptors (Lipinski definition) is 5. The third-order valence-electron chi connectivity index (χ3n) is 4.27. The van der Waals surface area contributed by atoms with Crippen molar-refractivity contribution in [3.05, 3.63) is 72.2 Å². The first-order chi connectivity index (χ1) is 13.3. The molecule has 144 valence electrons. The Hall–Kier alpha value is -3.41. The number of carbonyl (C=O) groups is 1. The molecule has 28 heavy (non-hydrogen) atoms. The zero-order valence-electron chi connectivity index (χ0n) is 16.5. The van der Waals surface area contributed by atoms with Crippen LogP contribution in [0.2, 0.25) is 0 Å². The van der Waals surface area contributed by atoms with Crippen molar-refractivity contribution < 1.29 is 9.53 Å². The average molecular weight is 376 g/mol. The van der Waals surface area contributed by atoms with Gasteiger partial charge in [-0.3, -0.25) is 4.79 Å². The van der Waals surface area contributed by atoms with E-state index in [-0.39, 0.29) is 17.0 Å². The second-order valence-electron chi connectivity index (χ2n) is 7.42. The quantitative estimate of drug-likeness (QED) is 0.670. The van der Waals surface area contributed by atoms with Gasteiger partial charge in [0.15, 0.2) is 0 Å². The Morgan fingerprint density at radius 2 is 1.57 bits per heavy atom. The van der Waals surface area contributed by atoms with Crippen LogP contribution in [0.3, 0.4) is 0 Å². The number of hydrogen-bond donors (Lipinski definition) is 2. The van der Waals surface area contributed by atoms with Gasteiger partial charge in [0, 0.05) is 17.4 Å². The minimum atomic E-state index is -0.288. The first-order valence-electron chi connectivity index (χ1n) is 9.00. The van der Waals surface area contributed by atoms with Crippen molar-refractivity contribution in [2.24, 2.45) is 0 Å². The number of aromatic nitrogens is 2. The smallest absolute Gasteiger partial charge is 0.274 e. The van der Waals surface area contributed by atoms with Crippen LogP contribution in [-0.2, 0) is 5.41 Å². The van der Waals surface area contributed by atoms with E-state index in [1.807, 2.05) is 48.5 Å². The van der Waals surface area contributed by atoms with Crippen LogP contribution in [0.1, 0.15) is 36.8 Å². The number of amides is 1. The van der Waals surface area contributed by atoms with Gasteiger partial charge in [-0.15, -0.1) is 0 Å². The first kappa shape index (κ1) is 19.4. The predicted octanol–water partition coefficient (Wildman–Crippen LogP) is 4.78. The normalized spacial score (nSPS) is 11.0. The molecule has 0 unspecified atom stereocenters. The molecular formula is C22H24N4O2. The number of benzene rings is 2. The molecule has 0 fully saturated rings. The number of carbonyl (C=O) groups excluding carboxylic acids is 1. The summed E-state index contributed by atoms with van der Waals surface area (Å²) in [6.45, 7) is 6.45. The highest BCUT2D eigenvalue weighted by molar-refractivity contribution is 6.03. The van der Waals surface area contributed by atoms with Gasteiger partial charge < -0.3 is 15.4 Å². The number of anilines is 3. The van der Waals surface area contributed by atoms with Crippen LogP contribution in [0, 0.1) is 0 Å². The molecule has 6 nitrogen and oxygen atoms in total. The van der Waals surface area contributed by atoms with Crippen molar-refractivity contribution in [2.45, 2.75) is 26.2 Å². The van der Waals surface area contributed by atoms with E-state index in [2.05, 4.69) is 41.4 Å². The van der Waals surface area contributed by atoms with Gasteiger partial charge in [0.25, 0.3) is 5.91 Å². The van der Waals surface area contributed by atoms with E-state index in [9.17, 15) is 4.79 Å². The lowest BCUT2D eigenvalue weighted by Crippen LogP contribution is -2.15. The van der Waals surface area contributed by atoms with E-state index in [1.165, 1.54) is 11.9 Å². The molecule has 6 heteroatoms. The number of rotatable bonds is 5. The van der Waals surface area contributed by atoms with Crippen molar-refractivity contribution in [3.8, 4) is 5.75 Å². The van der Waals surface area contributed by atoms with Gasteiger partial charge in [-0.2, -0.15) is 0 Å². The molecule has 1 amide bonds. The lowest BCUT2D eigenvalue weighted by Gasteiger charge is -2.19. The van der Waals surface area contributed by atoms with Gasteiger partial charge in [0.1, 0.15) is 23.6 Å². The van der Waals surface area contributed by atoms with E-state index in [1.54, 1.807) is 13.2 Å². The molecular weight excluding hydrogens is 352 g/mol. The van der Waals surface area contributed by atoms with Crippen LogP contribution in [0.15, 0.2) is 60.9 Å². The van der Waals surface area contributed by atoms with Crippen LogP contribution in [0.25, 0.3) is 0 Å². The molecule has 0 radical (unpaired) electrons. The molecule has 0 aliphatic rings. The van der Waals surface area contributed by atoms with Crippen molar-refractivity contribution in [1.29, 1.82) is 0 Å². The standard InChI is InChI=1S/C22H24N4O2/c1-22(2,3)15-5-7-17(8-6-15)26-21(27)19-13-20(24-14-23-19)25-16-9-11-18(28-4)12-10-16/h5-14H,1-4H3,(H,26,27)(H,23,24,25). The summed E-state index contributed by atoms with van der Waals surface area (Å²) in [6.07, 6.45) is 1.36. The number of methoxy groups -OCH3 is 1. The van der Waals surface area contributed by atoms with Crippen LogP contribution < -0.4 is 15.4 Å². The minimum Gasteiger partial charge on any atom is -0.497 e. The molecule has 1 heterocycles. The summed E-state index contributed by atoms with van der Waals surface area (Å²) < 4.78 is 5.15. The fourth-order valence-electron chi connectivity index (χ4n) is 2.62. The second kappa shape index (κ2) is 8.08. The molecule has 0 aliphatic carbocycles. The lowest BCUT2D eigenvalue weighted by atomic mass is 9.87. The molecule has 0 atom stereocenters. The first-order valence-corrected chi connectivity index (χ1v) is 9.00. The van der Waals surface area contributed by atoms with E-state index in [4.69, 9.17) is 4.74 Å². The average Bonchev–Trinajstić information content (AvgIpc) is 2.68. The SMILES string of the molecule is COc1ccc(Nc2cc(C(=O)Nc3ccc(C(C)(C)C)cc3)ncn2)cc1. The molecule has 3 aromatic rings. The third-order valence-corrected chi connectivity index (χ3v) is 4.27. The molecule has 0 bridgehead atoms. The van der Waals surface area contributed by atoms with Gasteiger partial charge in [0.05, 0.1) is 7.11 Å². The number of ether oxygens (including phenoxy) is 1. The second-order valence-corrected chi connectivity index (χ2v) is 7.42. The Bertz CT molecular complexity index is 946. The molecule has 0 saturated carbocycles. The fraction of sp³-hybridized carbons (Fsp3) is 0.227. The van der Waals surface area contributed by atoms with E-state index in [0.29, 0.717) is 5.82 Å². The highest BCUT2D eigenvalue weighted by Crippen LogP contribution is 2.24. The Morgan fingerprint density at radius 1 is 0.929 bits per heavy atom. The zero-order valence-corrected chi connectivity index (χ0v) is 16.5. The highest BCUT2D eigenvalue weighted by Gasteiger charge is 2.14. The lowest BCUT2D eigenvalue weighted by molar-refractivity contribution is 0.102. The van der Waals surface area contributed by atoms with Gasteiger partial charge in [-0.1, -0.05) is 32.9 Å². The maximum Gasteiger partial charge on any atom is 0.274 e. The summed E-state index contributed by atoms with van der Waals surface area (Å²) in [5.74, 6) is 1.02. The van der Waals surface area contributed by atoms with Gasteiger partial charge in [0.2, 0.25) is 0 Å². The van der Waals surface area contributed by atoms with Crippen LogP contribution in [-0.4, -0.2) is 23.0 Å². The largest absolute Gasteiger partial charge is 0.497 e. The summed E-state index contributed by atoms with van der Waals surface area (Å²) in [4.78, 5) is 20.8. The molecule has 2 N–H and O–H groups in total. The summed E-state index contributed by atoms with van der Waals surface area (Å²) in [5.41, 5.74) is 3.12. The highest BCUT2D eigenvalue weighted by atomic mass is 16.5. The van der Waals surface area contributed by atoms with Gasteiger partial charge >= 0.3 is 0 Å². The zero-order chi connectivity index (χ0) is 20.1. The monoisotopic (exact) mass is 376 g/mol. The van der Waals surface area contributed by atoms with Crippen LogP contribution in [0.4, 0.5) is 17.2 Å². The van der Waals surface area contributed by atoms with Crippen molar-refractivity contribution in [2.75, 3.05) is 17.7 Å². The maximum atomic E-state index is 12.5. The Labute approximate surface area is 165 Å². The van der Waals surface area contributed by atoms with E-state index < -0.39 is 0 Å². The Balaban J connectivity index is 1.69. The molecule has 3 rings (SSSR count). The molecule has 0 spiro atoms. The number of nitrogens with zero attached hydrogens (tertiary/aromatic N) is 2. The van der Waals surface area contributed by atoms with Crippen molar-refractivity contribution in [3.63, 3.8) is 0 Å². The summed E-state index contributed by atoms with van der Waals surface area (Å²) in [5, 5.41) is 6.02. The molecule has 0 saturated heterocycles. The number of nitrogens with one attached hydrogen (secondary N) is 2. The molecule has 1 aromatic heterocycles. The molecule has 0 aliphatic heterocycles. The summed E-state index contributed by atoms with van der Waals surface area (Å²) in [7, 11) is 1.62. The summed E-state index contributed by atoms with van der Waals surface area (Å²) in [6, 6.07) is 16.9. The fourth-order valence-corrected chi connectivity index (χ4v) is 2.62. The van der Waals surface area contributed by atoms with Gasteiger partial charge in [-0.05, 0) is 47.4 Å². The summed E-state index contributed by atoms with van der Waals surface area (Å²) >= 11 is 0. The third kappa shape index (κ3) is 4.85. The van der Waals surface area contributed by atoms with E-state index >= 15 is 0 Å². The topological polar surface area (TPSA) is 76.1 Å². The van der Waals surface area contributed by atoms with E-state index in [0.717, 1.165) is 17.1 Å². The minimum absolute atomic E-state index is 0.0667. The Kier molecular flexibility index (Phi) is 5.59. The van der Waals surface area contributed by atoms with Crippen molar-refractivity contribution in [1.82, 2.24) is 9.97 Å². The van der Waals surface area contributed by atoms with Gasteiger partial charge in [-0.25, -0.2) is 9.97 Å². The predicted molar refractivity (Wildman–Crippen MR) is 111 cm³/mol. The van der Waals surface area contributed by atoms with Crippen LogP contribution >= 0.6 is 0 Å². The Morgan fingerprint density at radius 3 is 2.18 bits per heavy atom.